The summed E-state index contributed by atoms with van der Waals surface area (Å²) in [6.45, 7) is 10.6. The van der Waals surface area contributed by atoms with Gasteiger partial charge in [0.2, 0.25) is 10.0 Å². The first kappa shape index (κ1) is 29.4. The standard InChI is InChI=1S/C27H46N6O3S/c1-5-7-8-9-10-11-12-13-21-37(34,35)30-23(3)26-28-29-27(33(26)6-2)36-25-16-14-15-24(22-25)32-19-17-31(4)18-20-32/h14-16,22-23,30H,5-13,17-21H2,1-4H3/t23-/m1/s1. The predicted molar refractivity (Wildman–Crippen MR) is 150 cm³/mol. The van der Waals surface area contributed by atoms with E-state index >= 15 is 0 Å². The van der Waals surface area contributed by atoms with Gasteiger partial charge >= 0.3 is 6.01 Å². The highest BCUT2D eigenvalue weighted by Gasteiger charge is 2.23. The van der Waals surface area contributed by atoms with Crippen LogP contribution >= 0.6 is 0 Å². The molecule has 2 aromatic rings. The summed E-state index contributed by atoms with van der Waals surface area (Å²) in [6.07, 6.45) is 8.94. The van der Waals surface area contributed by atoms with Crippen molar-refractivity contribution in [3.8, 4) is 11.8 Å². The number of piperazine rings is 1. The van der Waals surface area contributed by atoms with Crippen LogP contribution in [0.25, 0.3) is 0 Å². The van der Waals surface area contributed by atoms with Gasteiger partial charge < -0.3 is 14.5 Å². The molecule has 1 N–H and O–H groups in total. The van der Waals surface area contributed by atoms with Crippen LogP contribution in [0.15, 0.2) is 24.3 Å². The van der Waals surface area contributed by atoms with Crippen molar-refractivity contribution in [1.29, 1.82) is 0 Å². The summed E-state index contributed by atoms with van der Waals surface area (Å²) in [7, 11) is -1.27. The Morgan fingerprint density at radius 1 is 0.973 bits per heavy atom. The zero-order valence-corrected chi connectivity index (χ0v) is 24.0. The Bertz CT molecular complexity index is 1050. The third-order valence-corrected chi connectivity index (χ3v) is 8.51. The minimum Gasteiger partial charge on any atom is -0.424 e. The molecule has 1 aromatic carbocycles. The Morgan fingerprint density at radius 2 is 1.65 bits per heavy atom. The molecule has 0 spiro atoms. The van der Waals surface area contributed by atoms with Crippen molar-refractivity contribution in [2.24, 2.45) is 0 Å². The quantitative estimate of drug-likeness (QED) is 0.304. The minimum absolute atomic E-state index is 0.134. The van der Waals surface area contributed by atoms with E-state index in [1.54, 1.807) is 6.92 Å². The summed E-state index contributed by atoms with van der Waals surface area (Å²) < 4.78 is 36.1. The number of nitrogens with zero attached hydrogens (tertiary/aromatic N) is 5. The second-order valence-electron chi connectivity index (χ2n) is 10.1. The summed E-state index contributed by atoms with van der Waals surface area (Å²) >= 11 is 0. The van der Waals surface area contributed by atoms with E-state index in [1.165, 1.54) is 32.1 Å². The van der Waals surface area contributed by atoms with Gasteiger partial charge in [0, 0.05) is 44.5 Å². The van der Waals surface area contributed by atoms with E-state index in [9.17, 15) is 8.42 Å². The fraction of sp³-hybridized carbons (Fsp3) is 0.704. The number of ether oxygens (including phenoxy) is 1. The lowest BCUT2D eigenvalue weighted by molar-refractivity contribution is 0.312. The van der Waals surface area contributed by atoms with Crippen LogP contribution in [0.2, 0.25) is 0 Å². The molecule has 0 saturated carbocycles. The van der Waals surface area contributed by atoms with Gasteiger partial charge in [-0.2, -0.15) is 0 Å². The van der Waals surface area contributed by atoms with E-state index in [0.717, 1.165) is 44.7 Å². The van der Waals surface area contributed by atoms with Crippen molar-refractivity contribution in [2.75, 3.05) is 43.9 Å². The van der Waals surface area contributed by atoms with E-state index in [4.69, 9.17) is 4.74 Å². The number of hydrogen-bond donors (Lipinski definition) is 1. The first-order chi connectivity index (χ1) is 17.8. The van der Waals surface area contributed by atoms with E-state index in [-0.39, 0.29) is 5.75 Å². The predicted octanol–water partition coefficient (Wildman–Crippen LogP) is 4.96. The summed E-state index contributed by atoms with van der Waals surface area (Å²) in [5, 5.41) is 8.52. The molecule has 1 aromatic heterocycles. The highest BCUT2D eigenvalue weighted by atomic mass is 32.2. The van der Waals surface area contributed by atoms with Crippen LogP contribution < -0.4 is 14.4 Å². The van der Waals surface area contributed by atoms with Crippen molar-refractivity contribution < 1.29 is 13.2 Å². The maximum atomic E-state index is 12.7. The maximum absolute atomic E-state index is 12.7. The molecule has 9 nitrogen and oxygen atoms in total. The average molecular weight is 535 g/mol. The topological polar surface area (TPSA) is 92.6 Å². The summed E-state index contributed by atoms with van der Waals surface area (Å²) in [6, 6.07) is 7.87. The second-order valence-corrected chi connectivity index (χ2v) is 12.0. The van der Waals surface area contributed by atoms with Crippen LogP contribution in [0, 0.1) is 0 Å². The molecule has 37 heavy (non-hydrogen) atoms. The van der Waals surface area contributed by atoms with Crippen LogP contribution in [-0.4, -0.2) is 67.1 Å². The number of hydrogen-bond acceptors (Lipinski definition) is 7. The van der Waals surface area contributed by atoms with E-state index in [1.807, 2.05) is 29.7 Å². The van der Waals surface area contributed by atoms with Crippen LogP contribution in [0.5, 0.6) is 11.8 Å². The smallest absolute Gasteiger partial charge is 0.322 e. The second kappa shape index (κ2) is 14.7. The molecule has 1 fully saturated rings. The fourth-order valence-corrected chi connectivity index (χ4v) is 6.06. The van der Waals surface area contributed by atoms with E-state index in [2.05, 4.69) is 44.8 Å². The molecule has 3 rings (SSSR count). The van der Waals surface area contributed by atoms with Gasteiger partial charge in [-0.25, -0.2) is 13.1 Å². The average Bonchev–Trinajstić information content (AvgIpc) is 3.28. The van der Waals surface area contributed by atoms with Crippen molar-refractivity contribution in [3.63, 3.8) is 0 Å². The van der Waals surface area contributed by atoms with Crippen molar-refractivity contribution in [1.82, 2.24) is 24.4 Å². The third kappa shape index (κ3) is 9.26. The largest absolute Gasteiger partial charge is 0.424 e. The van der Waals surface area contributed by atoms with Gasteiger partial charge in [-0.3, -0.25) is 4.57 Å². The summed E-state index contributed by atoms with van der Waals surface area (Å²) in [5.74, 6) is 1.37. The number of aromatic nitrogens is 3. The Kier molecular flexibility index (Phi) is 11.7. The Balaban J connectivity index is 1.54. The van der Waals surface area contributed by atoms with Gasteiger partial charge in [-0.05, 0) is 39.4 Å². The van der Waals surface area contributed by atoms with Gasteiger partial charge in [0.05, 0.1) is 11.8 Å². The molecule has 10 heteroatoms. The monoisotopic (exact) mass is 534 g/mol. The minimum atomic E-state index is -3.41. The Hall–Kier alpha value is -2.17. The first-order valence-corrected chi connectivity index (χ1v) is 15.6. The van der Waals surface area contributed by atoms with E-state index in [0.29, 0.717) is 30.5 Å². The molecule has 0 unspecified atom stereocenters. The number of benzene rings is 1. The van der Waals surface area contributed by atoms with Crippen LogP contribution in [0.3, 0.4) is 0 Å². The molecular weight excluding hydrogens is 488 g/mol. The van der Waals surface area contributed by atoms with Crippen LogP contribution in [0.1, 0.15) is 84.0 Å². The molecule has 0 radical (unpaired) electrons. The van der Waals surface area contributed by atoms with Gasteiger partial charge in [0.15, 0.2) is 5.82 Å². The summed E-state index contributed by atoms with van der Waals surface area (Å²) in [4.78, 5) is 4.68. The highest BCUT2D eigenvalue weighted by Crippen LogP contribution is 2.27. The van der Waals surface area contributed by atoms with Gasteiger partial charge in [-0.1, -0.05) is 63.0 Å². The van der Waals surface area contributed by atoms with Crippen LogP contribution in [0.4, 0.5) is 5.69 Å². The maximum Gasteiger partial charge on any atom is 0.322 e. The number of likely N-dealkylation sites (N-methyl/N-ethyl adjacent to an activating group) is 1. The zero-order chi connectivity index (χ0) is 26.7. The van der Waals surface area contributed by atoms with Gasteiger partial charge in [0.25, 0.3) is 0 Å². The zero-order valence-electron chi connectivity index (χ0n) is 23.2. The molecule has 1 atom stereocenters. The van der Waals surface area contributed by atoms with Crippen LogP contribution in [-0.2, 0) is 16.6 Å². The molecule has 0 aliphatic carbocycles. The number of anilines is 1. The molecule has 208 valence electrons. The van der Waals surface area contributed by atoms with Crippen molar-refractivity contribution >= 4 is 15.7 Å². The normalized spacial score (nSPS) is 15.7. The highest BCUT2D eigenvalue weighted by molar-refractivity contribution is 7.89. The first-order valence-electron chi connectivity index (χ1n) is 14.0. The lowest BCUT2D eigenvalue weighted by Crippen LogP contribution is -2.44. The Labute approximate surface area is 223 Å². The lowest BCUT2D eigenvalue weighted by Gasteiger charge is -2.34. The molecule has 1 aliphatic rings. The van der Waals surface area contributed by atoms with Crippen molar-refractivity contribution in [2.45, 2.75) is 84.7 Å². The molecule has 1 aliphatic heterocycles. The SMILES string of the molecule is CCCCCCCCCCS(=O)(=O)N[C@H](C)c1nnc(Oc2cccc(N3CCN(C)CC3)c2)n1CC. The van der Waals surface area contributed by atoms with Crippen molar-refractivity contribution in [3.05, 3.63) is 30.1 Å². The number of nitrogens with one attached hydrogen (secondary N) is 1. The molecular formula is C27H46N6O3S. The van der Waals surface area contributed by atoms with Gasteiger partial charge in [-0.15, -0.1) is 5.10 Å². The molecule has 0 amide bonds. The fourth-order valence-electron chi connectivity index (χ4n) is 4.71. The van der Waals surface area contributed by atoms with E-state index < -0.39 is 16.1 Å². The summed E-state index contributed by atoms with van der Waals surface area (Å²) in [5.41, 5.74) is 1.12. The van der Waals surface area contributed by atoms with Gasteiger partial charge in [0.1, 0.15) is 5.75 Å². The number of unbranched alkanes of at least 4 members (excludes halogenated alkanes) is 7. The third-order valence-electron chi connectivity index (χ3n) is 6.97. The molecule has 1 saturated heterocycles. The number of rotatable bonds is 16. The number of sulfonamides is 1. The molecule has 0 bridgehead atoms. The molecule has 2 heterocycles. The Morgan fingerprint density at radius 3 is 2.32 bits per heavy atom. The lowest BCUT2D eigenvalue weighted by atomic mass is 10.1.